The van der Waals surface area contributed by atoms with Crippen LogP contribution in [0.5, 0.6) is 0 Å². The molecule has 3 radical (unpaired) electrons. The molecule has 0 amide bonds. The molecule has 0 aliphatic carbocycles. The molecular weight excluding hydrogens is 204 g/mol. The van der Waals surface area contributed by atoms with Gasteiger partial charge in [-0.05, 0) is 12.1 Å². The number of hydrogen-bond acceptors (Lipinski definition) is 0. The van der Waals surface area contributed by atoms with E-state index < -0.39 is 0 Å². The zero-order chi connectivity index (χ0) is 12.0. The van der Waals surface area contributed by atoms with Crippen molar-refractivity contribution in [1.82, 2.24) is 4.57 Å². The molecule has 0 unspecified atom stereocenters. The fourth-order valence-electron chi connectivity index (χ4n) is 2.43. The Kier molecular flexibility index (Phi) is 2.29. The summed E-state index contributed by atoms with van der Waals surface area (Å²) in [5, 5.41) is 2.50. The van der Waals surface area contributed by atoms with Gasteiger partial charge in [-0.2, -0.15) is 0 Å². The van der Waals surface area contributed by atoms with Crippen molar-refractivity contribution in [3.8, 4) is 0 Å². The predicted molar refractivity (Wildman–Crippen MR) is 77.1 cm³/mol. The van der Waals surface area contributed by atoms with Gasteiger partial charge >= 0.3 is 0 Å². The normalized spacial score (nSPS) is 11.2. The first-order valence-corrected chi connectivity index (χ1v) is 5.78. The summed E-state index contributed by atoms with van der Waals surface area (Å²) in [6.45, 7) is 2.06. The molecule has 0 atom stereocenters. The first kappa shape index (κ1) is 10.5. The van der Waals surface area contributed by atoms with Gasteiger partial charge in [0.25, 0.3) is 0 Å². The van der Waals surface area contributed by atoms with Crippen molar-refractivity contribution in [2.45, 2.75) is 6.82 Å². The van der Waals surface area contributed by atoms with E-state index in [1.807, 2.05) is 6.07 Å². The van der Waals surface area contributed by atoms with E-state index >= 15 is 0 Å². The standard InChI is InChI=1S/C14H12B2N/c1-16-10-4-6-14-12(8-10)11-7-9(15)3-5-13(11)17(14)2/h3-8H,1-2H3. The minimum absolute atomic E-state index is 0.816. The lowest BCUT2D eigenvalue weighted by atomic mass is 9.73. The van der Waals surface area contributed by atoms with Crippen LogP contribution in [0.25, 0.3) is 21.8 Å². The third kappa shape index (κ3) is 1.49. The third-order valence-corrected chi connectivity index (χ3v) is 3.39. The summed E-state index contributed by atoms with van der Waals surface area (Å²) in [5.74, 6) is 0. The molecule has 0 bridgehead atoms. The lowest BCUT2D eigenvalue weighted by molar-refractivity contribution is 1.01. The van der Waals surface area contributed by atoms with Gasteiger partial charge in [-0.1, -0.05) is 42.0 Å². The Morgan fingerprint density at radius 2 is 1.65 bits per heavy atom. The van der Waals surface area contributed by atoms with Gasteiger partial charge in [-0.15, -0.1) is 0 Å². The van der Waals surface area contributed by atoms with Crippen LogP contribution >= 0.6 is 0 Å². The lowest BCUT2D eigenvalue weighted by Gasteiger charge is -1.98. The van der Waals surface area contributed by atoms with Crippen molar-refractivity contribution in [3.05, 3.63) is 36.4 Å². The Labute approximate surface area is 103 Å². The van der Waals surface area contributed by atoms with Crippen molar-refractivity contribution in [3.63, 3.8) is 0 Å². The van der Waals surface area contributed by atoms with Gasteiger partial charge in [0.05, 0.1) is 0 Å². The van der Waals surface area contributed by atoms with E-state index in [0.717, 1.165) is 5.46 Å². The maximum Gasteiger partial charge on any atom is 0.148 e. The number of nitrogens with zero attached hydrogens (tertiary/aromatic N) is 1. The molecule has 3 aromatic rings. The largest absolute Gasteiger partial charge is 0.344 e. The maximum absolute atomic E-state index is 5.88. The number of aryl methyl sites for hydroxylation is 1. The molecule has 1 nitrogen and oxygen atoms in total. The Bertz CT molecular complexity index is 713. The van der Waals surface area contributed by atoms with E-state index in [4.69, 9.17) is 7.85 Å². The predicted octanol–water partition coefficient (Wildman–Crippen LogP) is 1.50. The summed E-state index contributed by atoms with van der Waals surface area (Å²) in [5.41, 5.74) is 4.53. The molecule has 17 heavy (non-hydrogen) atoms. The number of hydrogen-bond donors (Lipinski definition) is 0. The first-order valence-electron chi connectivity index (χ1n) is 5.78. The molecule has 1 aromatic heterocycles. The fraction of sp³-hybridized carbons (Fsp3) is 0.143. The minimum Gasteiger partial charge on any atom is -0.344 e. The zero-order valence-electron chi connectivity index (χ0n) is 10.1. The van der Waals surface area contributed by atoms with Crippen LogP contribution in [0.15, 0.2) is 36.4 Å². The first-order chi connectivity index (χ1) is 8.20. The van der Waals surface area contributed by atoms with Crippen LogP contribution in [0.2, 0.25) is 6.82 Å². The van der Waals surface area contributed by atoms with E-state index in [1.54, 1.807) is 0 Å². The van der Waals surface area contributed by atoms with Crippen molar-refractivity contribution < 1.29 is 0 Å². The Morgan fingerprint density at radius 1 is 1.00 bits per heavy atom. The average Bonchev–Trinajstić information content (AvgIpc) is 2.62. The summed E-state index contributed by atoms with van der Waals surface area (Å²) < 4.78 is 2.21. The zero-order valence-corrected chi connectivity index (χ0v) is 10.1. The molecule has 0 saturated carbocycles. The topological polar surface area (TPSA) is 4.93 Å². The quantitative estimate of drug-likeness (QED) is 0.543. The SMILES string of the molecule is [B]c1ccc2c(c1)c1cc([B]C)ccc1n2C. The highest BCUT2D eigenvalue weighted by Crippen LogP contribution is 2.26. The van der Waals surface area contributed by atoms with Gasteiger partial charge < -0.3 is 4.57 Å². The van der Waals surface area contributed by atoms with Gasteiger partial charge in [0.15, 0.2) is 0 Å². The van der Waals surface area contributed by atoms with E-state index in [-0.39, 0.29) is 0 Å². The van der Waals surface area contributed by atoms with Crippen molar-refractivity contribution >= 4 is 47.9 Å². The molecule has 79 valence electrons. The summed E-state index contributed by atoms with van der Waals surface area (Å²) in [7, 11) is 10.1. The maximum atomic E-state index is 5.88. The molecular formula is C14H12B2N. The second-order valence-electron chi connectivity index (χ2n) is 4.40. The summed E-state index contributed by atoms with van der Waals surface area (Å²) in [6, 6.07) is 12.6. The van der Waals surface area contributed by atoms with Gasteiger partial charge in [0, 0.05) is 28.9 Å². The van der Waals surface area contributed by atoms with Crippen LogP contribution in [0, 0.1) is 0 Å². The van der Waals surface area contributed by atoms with Gasteiger partial charge in [-0.25, -0.2) is 0 Å². The summed E-state index contributed by atoms with van der Waals surface area (Å²) in [6.07, 6.45) is 0. The fourth-order valence-corrected chi connectivity index (χ4v) is 2.43. The Balaban J connectivity index is 2.51. The minimum atomic E-state index is 0.816. The van der Waals surface area contributed by atoms with Crippen LogP contribution in [-0.4, -0.2) is 19.7 Å². The van der Waals surface area contributed by atoms with E-state index in [9.17, 15) is 0 Å². The second kappa shape index (κ2) is 3.69. The molecule has 2 aromatic carbocycles. The van der Waals surface area contributed by atoms with Crippen LogP contribution in [-0.2, 0) is 7.05 Å². The van der Waals surface area contributed by atoms with Crippen LogP contribution in [0.4, 0.5) is 0 Å². The number of fused-ring (bicyclic) bond motifs is 3. The lowest BCUT2D eigenvalue weighted by Crippen LogP contribution is -2.08. The van der Waals surface area contributed by atoms with Crippen molar-refractivity contribution in [1.29, 1.82) is 0 Å². The summed E-state index contributed by atoms with van der Waals surface area (Å²) in [4.78, 5) is 0. The van der Waals surface area contributed by atoms with E-state index in [2.05, 4.69) is 56.0 Å². The van der Waals surface area contributed by atoms with Gasteiger partial charge in [0.1, 0.15) is 15.1 Å². The summed E-state index contributed by atoms with van der Waals surface area (Å²) >= 11 is 0. The molecule has 1 heterocycles. The van der Waals surface area contributed by atoms with E-state index in [1.165, 1.54) is 27.3 Å². The van der Waals surface area contributed by atoms with Gasteiger partial charge in [0.2, 0.25) is 0 Å². The molecule has 3 heteroatoms. The number of benzene rings is 2. The monoisotopic (exact) mass is 216 g/mol. The molecule has 0 N–H and O–H groups in total. The van der Waals surface area contributed by atoms with Gasteiger partial charge in [-0.3, -0.25) is 0 Å². The molecule has 0 aliphatic heterocycles. The number of rotatable bonds is 1. The molecule has 3 rings (SSSR count). The second-order valence-corrected chi connectivity index (χ2v) is 4.40. The molecule has 0 aliphatic rings. The smallest absolute Gasteiger partial charge is 0.148 e. The molecule has 0 fully saturated rings. The Hall–Kier alpha value is -1.63. The highest BCUT2D eigenvalue weighted by molar-refractivity contribution is 6.52. The Morgan fingerprint density at radius 3 is 2.35 bits per heavy atom. The molecule has 0 saturated heterocycles. The van der Waals surface area contributed by atoms with Crippen LogP contribution in [0.3, 0.4) is 0 Å². The van der Waals surface area contributed by atoms with Crippen LogP contribution in [0.1, 0.15) is 0 Å². The molecule has 0 spiro atoms. The number of aromatic nitrogens is 1. The van der Waals surface area contributed by atoms with Crippen LogP contribution < -0.4 is 10.9 Å². The highest BCUT2D eigenvalue weighted by atomic mass is 14.9. The third-order valence-electron chi connectivity index (χ3n) is 3.39. The average molecular weight is 216 g/mol. The van der Waals surface area contributed by atoms with Crippen molar-refractivity contribution in [2.75, 3.05) is 0 Å². The van der Waals surface area contributed by atoms with Crippen molar-refractivity contribution in [2.24, 2.45) is 7.05 Å². The highest BCUT2D eigenvalue weighted by Gasteiger charge is 2.08. The van der Waals surface area contributed by atoms with E-state index in [0.29, 0.717) is 0 Å².